The number of aryl methyl sites for hydroxylation is 1. The molecule has 1 N–H and O–H groups in total. The smallest absolute Gasteiger partial charge is 0.241 e. The van der Waals surface area contributed by atoms with Gasteiger partial charge in [0, 0.05) is 18.3 Å². The van der Waals surface area contributed by atoms with Gasteiger partial charge in [0.2, 0.25) is 5.91 Å². The Bertz CT molecular complexity index is 681. The number of nitrogens with one attached hydrogen (secondary N) is 1. The van der Waals surface area contributed by atoms with Crippen LogP contribution in [0.1, 0.15) is 23.6 Å². The predicted molar refractivity (Wildman–Crippen MR) is 90.0 cm³/mol. The van der Waals surface area contributed by atoms with Crippen molar-refractivity contribution in [3.8, 4) is 0 Å². The molecule has 0 radical (unpaired) electrons. The Morgan fingerprint density at radius 1 is 1.18 bits per heavy atom. The van der Waals surface area contributed by atoms with Gasteiger partial charge in [0.25, 0.3) is 0 Å². The van der Waals surface area contributed by atoms with Crippen LogP contribution in [0.3, 0.4) is 0 Å². The van der Waals surface area contributed by atoms with Crippen LogP contribution in [-0.2, 0) is 17.8 Å². The minimum atomic E-state index is 0.144. The van der Waals surface area contributed by atoms with Gasteiger partial charge in [-0.2, -0.15) is 0 Å². The van der Waals surface area contributed by atoms with Crippen molar-refractivity contribution in [3.05, 3.63) is 65.2 Å². The highest BCUT2D eigenvalue weighted by atomic mass is 16.2. The van der Waals surface area contributed by atoms with E-state index in [0.717, 1.165) is 18.7 Å². The molecule has 2 aromatic carbocycles. The molecule has 1 aliphatic heterocycles. The third kappa shape index (κ3) is 2.90. The van der Waals surface area contributed by atoms with E-state index in [1.54, 1.807) is 0 Å². The molecule has 0 aliphatic carbocycles. The summed E-state index contributed by atoms with van der Waals surface area (Å²) >= 11 is 0. The molecule has 0 saturated carbocycles. The third-order valence-corrected chi connectivity index (χ3v) is 4.33. The summed E-state index contributed by atoms with van der Waals surface area (Å²) < 4.78 is 0. The van der Waals surface area contributed by atoms with E-state index in [4.69, 9.17) is 0 Å². The van der Waals surface area contributed by atoms with Crippen LogP contribution < -0.4 is 10.2 Å². The van der Waals surface area contributed by atoms with Crippen LogP contribution >= 0.6 is 0 Å². The first kappa shape index (κ1) is 14.8. The second kappa shape index (κ2) is 6.32. The lowest BCUT2D eigenvalue weighted by Gasteiger charge is -2.23. The highest BCUT2D eigenvalue weighted by Gasteiger charge is 2.29. The zero-order chi connectivity index (χ0) is 15.5. The van der Waals surface area contributed by atoms with Crippen LogP contribution in [0, 0.1) is 6.92 Å². The van der Waals surface area contributed by atoms with Gasteiger partial charge < -0.3 is 10.2 Å². The fourth-order valence-corrected chi connectivity index (χ4v) is 3.14. The van der Waals surface area contributed by atoms with Crippen LogP contribution in [0.5, 0.6) is 0 Å². The largest absolute Gasteiger partial charge is 0.308 e. The van der Waals surface area contributed by atoms with E-state index in [1.807, 2.05) is 35.2 Å². The number of carbonyl (C=O) groups excluding carboxylic acids is 1. The number of hydrogen-bond acceptors (Lipinski definition) is 2. The van der Waals surface area contributed by atoms with E-state index in [2.05, 4.69) is 37.4 Å². The molecule has 0 fully saturated rings. The van der Waals surface area contributed by atoms with Gasteiger partial charge in [-0.1, -0.05) is 42.5 Å². The monoisotopic (exact) mass is 294 g/mol. The molecule has 0 spiro atoms. The van der Waals surface area contributed by atoms with Crippen LogP contribution in [0.4, 0.5) is 5.69 Å². The number of rotatable bonds is 4. The highest BCUT2D eigenvalue weighted by molar-refractivity contribution is 5.97. The van der Waals surface area contributed by atoms with Crippen molar-refractivity contribution >= 4 is 11.6 Å². The minimum Gasteiger partial charge on any atom is -0.308 e. The molecular weight excluding hydrogens is 272 g/mol. The lowest BCUT2D eigenvalue weighted by Crippen LogP contribution is -2.41. The maximum Gasteiger partial charge on any atom is 0.241 e. The van der Waals surface area contributed by atoms with Crippen molar-refractivity contribution < 1.29 is 4.79 Å². The Balaban J connectivity index is 1.62. The van der Waals surface area contributed by atoms with Crippen LogP contribution in [0.15, 0.2) is 48.5 Å². The van der Waals surface area contributed by atoms with Crippen molar-refractivity contribution in [3.63, 3.8) is 0 Å². The van der Waals surface area contributed by atoms with E-state index in [9.17, 15) is 4.79 Å². The average molecular weight is 294 g/mol. The summed E-state index contributed by atoms with van der Waals surface area (Å²) in [7, 11) is 0. The van der Waals surface area contributed by atoms with Gasteiger partial charge >= 0.3 is 0 Å². The average Bonchev–Trinajstić information content (AvgIpc) is 2.85. The summed E-state index contributed by atoms with van der Waals surface area (Å²) in [6.45, 7) is 5.30. The molecule has 1 aliphatic rings. The molecular formula is C19H22N2O. The molecule has 114 valence electrons. The Morgan fingerprint density at radius 2 is 1.91 bits per heavy atom. The molecule has 1 atom stereocenters. The van der Waals surface area contributed by atoms with Crippen molar-refractivity contribution in [1.29, 1.82) is 0 Å². The Kier molecular flexibility index (Phi) is 4.25. The van der Waals surface area contributed by atoms with Crippen molar-refractivity contribution in [2.45, 2.75) is 32.9 Å². The maximum absolute atomic E-state index is 12.6. The predicted octanol–water partition coefficient (Wildman–Crippen LogP) is 3.06. The van der Waals surface area contributed by atoms with Crippen molar-refractivity contribution in [2.24, 2.45) is 0 Å². The fraction of sp³-hybridized carbons (Fsp3) is 0.316. The van der Waals surface area contributed by atoms with Gasteiger partial charge in [0.05, 0.1) is 6.54 Å². The molecule has 22 heavy (non-hydrogen) atoms. The molecule has 1 unspecified atom stereocenters. The summed E-state index contributed by atoms with van der Waals surface area (Å²) in [4.78, 5) is 14.5. The number of anilines is 1. The van der Waals surface area contributed by atoms with Crippen molar-refractivity contribution in [1.82, 2.24) is 5.32 Å². The molecule has 0 saturated heterocycles. The third-order valence-electron chi connectivity index (χ3n) is 4.33. The van der Waals surface area contributed by atoms with E-state index in [0.29, 0.717) is 6.54 Å². The second-order valence-electron chi connectivity index (χ2n) is 5.98. The summed E-state index contributed by atoms with van der Waals surface area (Å²) in [6.07, 6.45) is 0.944. The number of benzene rings is 2. The Morgan fingerprint density at radius 3 is 2.73 bits per heavy atom. The second-order valence-corrected chi connectivity index (χ2v) is 5.98. The molecule has 1 amide bonds. The number of amides is 1. The van der Waals surface area contributed by atoms with Gasteiger partial charge in [0.1, 0.15) is 0 Å². The van der Waals surface area contributed by atoms with Crippen LogP contribution in [0.2, 0.25) is 0 Å². The number of para-hydroxylation sites is 1. The zero-order valence-electron chi connectivity index (χ0n) is 13.2. The Hall–Kier alpha value is -2.13. The van der Waals surface area contributed by atoms with Gasteiger partial charge in [-0.05, 0) is 43.0 Å². The lowest BCUT2D eigenvalue weighted by molar-refractivity contribution is -0.118. The first-order valence-electron chi connectivity index (χ1n) is 7.82. The molecule has 1 heterocycles. The van der Waals surface area contributed by atoms with Gasteiger partial charge in [-0.25, -0.2) is 0 Å². The van der Waals surface area contributed by atoms with E-state index in [1.165, 1.54) is 16.7 Å². The summed E-state index contributed by atoms with van der Waals surface area (Å²) in [5, 5.41) is 3.28. The van der Waals surface area contributed by atoms with Gasteiger partial charge in [-0.3, -0.25) is 4.79 Å². The number of nitrogens with zero attached hydrogens (tertiary/aromatic N) is 1. The summed E-state index contributed by atoms with van der Waals surface area (Å²) in [5.74, 6) is 0.144. The molecule has 3 nitrogen and oxygen atoms in total. The van der Waals surface area contributed by atoms with Crippen molar-refractivity contribution in [2.75, 3.05) is 11.4 Å². The first-order valence-corrected chi connectivity index (χ1v) is 7.82. The van der Waals surface area contributed by atoms with Gasteiger partial charge in [0.15, 0.2) is 0 Å². The molecule has 0 aromatic heterocycles. The highest BCUT2D eigenvalue weighted by Crippen LogP contribution is 2.31. The van der Waals surface area contributed by atoms with Crippen LogP contribution in [0.25, 0.3) is 0 Å². The fourth-order valence-electron chi connectivity index (χ4n) is 3.14. The van der Waals surface area contributed by atoms with E-state index in [-0.39, 0.29) is 11.9 Å². The standard InChI is InChI=1S/C19H22N2O/c1-14-7-3-4-9-17(14)12-20-13-19(22)21-15(2)11-16-8-5-6-10-18(16)21/h3-10,15,20H,11-13H2,1-2H3. The SMILES string of the molecule is Cc1ccccc1CNCC(=O)N1c2ccccc2CC1C. The number of hydrogen-bond donors (Lipinski definition) is 1. The van der Waals surface area contributed by atoms with Crippen LogP contribution in [-0.4, -0.2) is 18.5 Å². The maximum atomic E-state index is 12.6. The molecule has 0 bridgehead atoms. The van der Waals surface area contributed by atoms with E-state index >= 15 is 0 Å². The Labute approximate surface area is 132 Å². The number of fused-ring (bicyclic) bond motifs is 1. The lowest BCUT2D eigenvalue weighted by atomic mass is 10.1. The van der Waals surface area contributed by atoms with Gasteiger partial charge in [-0.15, -0.1) is 0 Å². The molecule has 2 aromatic rings. The number of carbonyl (C=O) groups is 1. The van der Waals surface area contributed by atoms with E-state index < -0.39 is 0 Å². The summed E-state index contributed by atoms with van der Waals surface area (Å²) in [6, 6.07) is 16.7. The normalized spacial score (nSPS) is 16.6. The molecule has 3 heteroatoms. The minimum absolute atomic E-state index is 0.144. The quantitative estimate of drug-likeness (QED) is 0.940. The first-order chi connectivity index (χ1) is 10.7. The zero-order valence-corrected chi connectivity index (χ0v) is 13.2. The molecule has 3 rings (SSSR count). The topological polar surface area (TPSA) is 32.3 Å². The summed E-state index contributed by atoms with van der Waals surface area (Å²) in [5.41, 5.74) is 4.83.